The summed E-state index contributed by atoms with van der Waals surface area (Å²) in [5, 5.41) is 12.6. The molecule has 1 unspecified atom stereocenters. The third-order valence-corrected chi connectivity index (χ3v) is 5.57. The minimum absolute atomic E-state index is 0. The molecule has 0 amide bonds. The van der Waals surface area contributed by atoms with Gasteiger partial charge in [-0.15, -0.1) is 0 Å². The zero-order valence-corrected chi connectivity index (χ0v) is 15.5. The molecule has 1 aromatic heterocycles. The van der Waals surface area contributed by atoms with E-state index in [-0.39, 0.29) is 13.2 Å². The predicted molar refractivity (Wildman–Crippen MR) is 110 cm³/mol. The largest absolute Gasteiger partial charge is 0.387 e. The van der Waals surface area contributed by atoms with E-state index in [9.17, 15) is 9.50 Å². The van der Waals surface area contributed by atoms with Crippen molar-refractivity contribution in [2.75, 3.05) is 20.1 Å². The quantitative estimate of drug-likeness (QED) is 0.695. The average Bonchev–Trinajstić information content (AvgIpc) is 2.76. The molecule has 1 aliphatic rings. The number of aliphatic hydroxyl groups is 1. The van der Waals surface area contributed by atoms with Gasteiger partial charge in [-0.05, 0) is 54.9 Å². The van der Waals surface area contributed by atoms with Crippen LogP contribution < -0.4 is 0 Å². The molecule has 0 radical (unpaired) electrons. The lowest BCUT2D eigenvalue weighted by atomic mass is 10.1. The summed E-state index contributed by atoms with van der Waals surface area (Å²) in [5.41, 5.74) is 4.43. The van der Waals surface area contributed by atoms with Crippen molar-refractivity contribution in [2.45, 2.75) is 32.9 Å². The third-order valence-electron chi connectivity index (χ3n) is 5.33. The SMILES string of the molecule is C.CN1CCc2c(n(CC(O)c3ccc(F)cc3)c3ccc(Cl)cc23)CC1. The summed E-state index contributed by atoms with van der Waals surface area (Å²) in [6.45, 7) is 2.45. The highest BCUT2D eigenvalue weighted by Crippen LogP contribution is 2.32. The van der Waals surface area contributed by atoms with Crippen LogP contribution in [0.15, 0.2) is 42.5 Å². The number of aliphatic hydroxyl groups excluding tert-OH is 1. The molecule has 1 N–H and O–H groups in total. The van der Waals surface area contributed by atoms with Gasteiger partial charge in [-0.2, -0.15) is 0 Å². The van der Waals surface area contributed by atoms with Gasteiger partial charge in [-0.1, -0.05) is 31.2 Å². The number of nitrogens with zero attached hydrogens (tertiary/aromatic N) is 2. The van der Waals surface area contributed by atoms with Gasteiger partial charge in [-0.3, -0.25) is 0 Å². The number of halogens is 2. The molecule has 3 aromatic rings. The van der Waals surface area contributed by atoms with Crippen LogP contribution in [0.1, 0.15) is 30.4 Å². The van der Waals surface area contributed by atoms with E-state index in [2.05, 4.69) is 16.5 Å². The van der Waals surface area contributed by atoms with Gasteiger partial charge in [0.1, 0.15) is 5.82 Å². The molecule has 2 aromatic carbocycles. The van der Waals surface area contributed by atoms with E-state index in [4.69, 9.17) is 11.6 Å². The zero-order chi connectivity index (χ0) is 18.3. The summed E-state index contributed by atoms with van der Waals surface area (Å²) in [5.74, 6) is -0.293. The lowest BCUT2D eigenvalue weighted by Gasteiger charge is -2.17. The number of hydrogen-bond donors (Lipinski definition) is 1. The lowest BCUT2D eigenvalue weighted by Crippen LogP contribution is -2.21. The average molecular weight is 389 g/mol. The maximum atomic E-state index is 13.2. The van der Waals surface area contributed by atoms with E-state index in [0.717, 1.165) is 42.0 Å². The van der Waals surface area contributed by atoms with Gasteiger partial charge in [0.15, 0.2) is 0 Å². The van der Waals surface area contributed by atoms with E-state index in [1.165, 1.54) is 28.8 Å². The molecule has 1 atom stereocenters. The molecule has 27 heavy (non-hydrogen) atoms. The van der Waals surface area contributed by atoms with Crippen LogP contribution in [-0.2, 0) is 19.4 Å². The second-order valence-electron chi connectivity index (χ2n) is 7.07. The molecule has 2 heterocycles. The van der Waals surface area contributed by atoms with Crippen LogP contribution in [0.3, 0.4) is 0 Å². The fourth-order valence-corrected chi connectivity index (χ4v) is 4.07. The fourth-order valence-electron chi connectivity index (χ4n) is 3.90. The Balaban J connectivity index is 0.00000210. The number of aromatic nitrogens is 1. The maximum Gasteiger partial charge on any atom is 0.123 e. The van der Waals surface area contributed by atoms with Crippen LogP contribution in [-0.4, -0.2) is 34.7 Å². The summed E-state index contributed by atoms with van der Waals surface area (Å²) < 4.78 is 15.4. The Kier molecular flexibility index (Phi) is 5.89. The monoisotopic (exact) mass is 388 g/mol. The molecule has 5 heteroatoms. The lowest BCUT2D eigenvalue weighted by molar-refractivity contribution is 0.157. The topological polar surface area (TPSA) is 28.4 Å². The number of benzene rings is 2. The van der Waals surface area contributed by atoms with Crippen molar-refractivity contribution < 1.29 is 9.50 Å². The normalized spacial score (nSPS) is 15.9. The Morgan fingerprint density at radius 2 is 1.81 bits per heavy atom. The molecule has 1 aliphatic heterocycles. The molecule has 4 rings (SSSR count). The Morgan fingerprint density at radius 1 is 1.11 bits per heavy atom. The molecule has 0 bridgehead atoms. The Bertz CT molecular complexity index is 936. The Hall–Kier alpha value is -1.88. The standard InChI is InChI=1S/C21H22ClFN2O.CH4/c1-24-10-8-17-18-12-15(22)4-7-19(18)25(20(17)9-11-24)13-21(26)14-2-5-16(23)6-3-14;/h2-7,12,21,26H,8-11,13H2,1H3;1H4. The van der Waals surface area contributed by atoms with Gasteiger partial charge in [-0.25, -0.2) is 4.39 Å². The van der Waals surface area contributed by atoms with Gasteiger partial charge in [0.25, 0.3) is 0 Å². The van der Waals surface area contributed by atoms with Crippen molar-refractivity contribution in [2.24, 2.45) is 0 Å². The maximum absolute atomic E-state index is 13.2. The van der Waals surface area contributed by atoms with Crippen LogP contribution in [0, 0.1) is 5.82 Å². The highest BCUT2D eigenvalue weighted by molar-refractivity contribution is 6.31. The molecule has 0 saturated carbocycles. The highest BCUT2D eigenvalue weighted by Gasteiger charge is 2.22. The van der Waals surface area contributed by atoms with Crippen LogP contribution in [0.2, 0.25) is 5.02 Å². The zero-order valence-electron chi connectivity index (χ0n) is 14.8. The molecule has 3 nitrogen and oxygen atoms in total. The third kappa shape index (κ3) is 3.88. The second kappa shape index (κ2) is 8.01. The van der Waals surface area contributed by atoms with Crippen LogP contribution in [0.4, 0.5) is 4.39 Å². The van der Waals surface area contributed by atoms with Crippen LogP contribution in [0.25, 0.3) is 10.9 Å². The van der Waals surface area contributed by atoms with Gasteiger partial charge in [0.2, 0.25) is 0 Å². The van der Waals surface area contributed by atoms with Gasteiger partial charge < -0.3 is 14.6 Å². The van der Waals surface area contributed by atoms with E-state index in [1.54, 1.807) is 12.1 Å². The van der Waals surface area contributed by atoms with Crippen molar-refractivity contribution in [3.05, 3.63) is 70.1 Å². The summed E-state index contributed by atoms with van der Waals surface area (Å²) in [6.07, 6.45) is 1.23. The van der Waals surface area contributed by atoms with Crippen LogP contribution in [0.5, 0.6) is 0 Å². The van der Waals surface area contributed by atoms with Gasteiger partial charge in [0, 0.05) is 41.1 Å². The Morgan fingerprint density at radius 3 is 2.56 bits per heavy atom. The van der Waals surface area contributed by atoms with Crippen molar-refractivity contribution in [3.63, 3.8) is 0 Å². The van der Waals surface area contributed by atoms with E-state index >= 15 is 0 Å². The van der Waals surface area contributed by atoms with E-state index in [0.29, 0.717) is 6.54 Å². The summed E-state index contributed by atoms with van der Waals surface area (Å²) in [6, 6.07) is 12.0. The highest BCUT2D eigenvalue weighted by atomic mass is 35.5. The number of rotatable bonds is 3. The van der Waals surface area contributed by atoms with Gasteiger partial charge >= 0.3 is 0 Å². The summed E-state index contributed by atoms with van der Waals surface area (Å²) >= 11 is 6.25. The summed E-state index contributed by atoms with van der Waals surface area (Å²) in [7, 11) is 2.14. The fraction of sp³-hybridized carbons (Fsp3) is 0.364. The molecule has 0 spiro atoms. The molecular formula is C22H26ClFN2O. The first kappa shape index (κ1) is 19.9. The minimum Gasteiger partial charge on any atom is -0.387 e. The van der Waals surface area contributed by atoms with Gasteiger partial charge in [0.05, 0.1) is 12.6 Å². The first-order valence-electron chi connectivity index (χ1n) is 8.94. The number of fused-ring (bicyclic) bond motifs is 3. The Labute approximate surface area is 165 Å². The van der Waals surface area contributed by atoms with Crippen molar-refractivity contribution in [1.29, 1.82) is 0 Å². The first-order valence-corrected chi connectivity index (χ1v) is 9.32. The molecule has 0 fully saturated rings. The van der Waals surface area contributed by atoms with Crippen LogP contribution >= 0.6 is 11.6 Å². The molecule has 144 valence electrons. The van der Waals surface area contributed by atoms with E-state index in [1.807, 2.05) is 18.2 Å². The molecule has 0 aliphatic carbocycles. The number of likely N-dealkylation sites (N-methyl/N-ethyl adjacent to an activating group) is 1. The van der Waals surface area contributed by atoms with E-state index < -0.39 is 6.10 Å². The predicted octanol–water partition coefficient (Wildman–Crippen LogP) is 4.83. The molecule has 0 saturated heterocycles. The minimum atomic E-state index is -0.688. The second-order valence-corrected chi connectivity index (χ2v) is 7.50. The number of hydrogen-bond acceptors (Lipinski definition) is 2. The molecular weight excluding hydrogens is 363 g/mol. The summed E-state index contributed by atoms with van der Waals surface area (Å²) in [4.78, 5) is 2.33. The smallest absolute Gasteiger partial charge is 0.123 e. The first-order chi connectivity index (χ1) is 12.5. The van der Waals surface area contributed by atoms with Crippen molar-refractivity contribution in [3.8, 4) is 0 Å². The van der Waals surface area contributed by atoms with Crippen molar-refractivity contribution in [1.82, 2.24) is 9.47 Å². The van der Waals surface area contributed by atoms with Crippen molar-refractivity contribution >= 4 is 22.5 Å².